The van der Waals surface area contributed by atoms with Gasteiger partial charge in [0, 0.05) is 18.7 Å². The zero-order valence-electron chi connectivity index (χ0n) is 10.7. The van der Waals surface area contributed by atoms with E-state index in [0.29, 0.717) is 13.0 Å². The lowest BCUT2D eigenvalue weighted by atomic mass is 9.93. The topological polar surface area (TPSA) is 70.1 Å². The monoisotopic (exact) mass is 243 g/mol. The van der Waals surface area contributed by atoms with Crippen molar-refractivity contribution in [2.45, 2.75) is 38.8 Å². The van der Waals surface area contributed by atoms with Gasteiger partial charge in [-0.2, -0.15) is 5.26 Å². The van der Waals surface area contributed by atoms with E-state index in [4.69, 9.17) is 5.73 Å². The maximum absolute atomic E-state index is 12.1. The zero-order chi connectivity index (χ0) is 13.3. The number of carbonyl (C=O) groups excluding carboxylic acids is 1. The average Bonchev–Trinajstić information content (AvgIpc) is 2.37. The van der Waals surface area contributed by atoms with Crippen LogP contribution in [0.1, 0.15) is 31.4 Å². The minimum atomic E-state index is -0.823. The highest BCUT2D eigenvalue weighted by Crippen LogP contribution is 2.33. The molecule has 18 heavy (non-hydrogen) atoms. The van der Waals surface area contributed by atoms with Crippen molar-refractivity contribution in [3.8, 4) is 6.07 Å². The van der Waals surface area contributed by atoms with Gasteiger partial charge in [0.2, 0.25) is 5.91 Å². The largest absolute Gasteiger partial charge is 0.326 e. The molecule has 0 saturated heterocycles. The number of hydrogen-bond acceptors (Lipinski definition) is 3. The average molecular weight is 243 g/mol. The summed E-state index contributed by atoms with van der Waals surface area (Å²) < 4.78 is 0. The summed E-state index contributed by atoms with van der Waals surface area (Å²) in [4.78, 5) is 13.7. The summed E-state index contributed by atoms with van der Waals surface area (Å²) in [5, 5.41) is 9.23. The van der Waals surface area contributed by atoms with E-state index in [1.807, 2.05) is 18.2 Å². The van der Waals surface area contributed by atoms with Gasteiger partial charge in [0.25, 0.3) is 0 Å². The first kappa shape index (κ1) is 12.6. The smallest absolute Gasteiger partial charge is 0.228 e. The number of nitrogens with zero attached hydrogens (tertiary/aromatic N) is 2. The third-order valence-electron chi connectivity index (χ3n) is 3.31. The standard InChI is InChI=1S/C14H17N3O/c1-14(2,9-16)17-12-5-3-10(8-15)7-11(12)4-6-13(17)18/h3,5,7H,4,6,8,15H2,1-2H3. The lowest BCUT2D eigenvalue weighted by Crippen LogP contribution is -2.49. The van der Waals surface area contributed by atoms with Crippen LogP contribution in [0.5, 0.6) is 0 Å². The Kier molecular flexibility index (Phi) is 3.10. The van der Waals surface area contributed by atoms with Crippen LogP contribution in [0.25, 0.3) is 0 Å². The molecule has 0 fully saturated rings. The highest BCUT2D eigenvalue weighted by atomic mass is 16.2. The van der Waals surface area contributed by atoms with Crippen LogP contribution in [0.4, 0.5) is 5.69 Å². The van der Waals surface area contributed by atoms with Gasteiger partial charge in [0.05, 0.1) is 6.07 Å². The molecule has 94 valence electrons. The molecule has 1 amide bonds. The van der Waals surface area contributed by atoms with Crippen LogP contribution in [0.3, 0.4) is 0 Å². The molecular formula is C14H17N3O. The zero-order valence-corrected chi connectivity index (χ0v) is 10.7. The summed E-state index contributed by atoms with van der Waals surface area (Å²) >= 11 is 0. The fourth-order valence-corrected chi connectivity index (χ4v) is 2.33. The molecule has 0 spiro atoms. The molecule has 1 aliphatic rings. The highest BCUT2D eigenvalue weighted by Gasteiger charge is 2.35. The molecular weight excluding hydrogens is 226 g/mol. The summed E-state index contributed by atoms with van der Waals surface area (Å²) in [6.45, 7) is 4.01. The van der Waals surface area contributed by atoms with Crippen molar-refractivity contribution in [2.24, 2.45) is 5.73 Å². The predicted octanol–water partition coefficient (Wildman–Crippen LogP) is 1.73. The van der Waals surface area contributed by atoms with E-state index >= 15 is 0 Å². The van der Waals surface area contributed by atoms with Gasteiger partial charge in [0.15, 0.2) is 0 Å². The van der Waals surface area contributed by atoms with Gasteiger partial charge >= 0.3 is 0 Å². The molecule has 0 bridgehead atoms. The van der Waals surface area contributed by atoms with E-state index < -0.39 is 5.54 Å². The van der Waals surface area contributed by atoms with Gasteiger partial charge in [-0.05, 0) is 37.5 Å². The third-order valence-corrected chi connectivity index (χ3v) is 3.31. The number of anilines is 1. The normalized spacial score (nSPS) is 15.2. The molecule has 1 aliphatic heterocycles. The van der Waals surface area contributed by atoms with Crippen molar-refractivity contribution in [3.63, 3.8) is 0 Å². The van der Waals surface area contributed by atoms with Gasteiger partial charge in [-0.25, -0.2) is 0 Å². The molecule has 4 heteroatoms. The number of nitrogens with two attached hydrogens (primary N) is 1. The Balaban J connectivity index is 2.52. The van der Waals surface area contributed by atoms with E-state index in [0.717, 1.165) is 23.2 Å². The maximum atomic E-state index is 12.1. The number of amides is 1. The molecule has 0 aromatic heterocycles. The van der Waals surface area contributed by atoms with Gasteiger partial charge in [-0.15, -0.1) is 0 Å². The Morgan fingerprint density at radius 3 is 2.78 bits per heavy atom. The van der Waals surface area contributed by atoms with Crippen LogP contribution in [0.15, 0.2) is 18.2 Å². The minimum absolute atomic E-state index is 0.00884. The van der Waals surface area contributed by atoms with Crippen molar-refractivity contribution in [2.75, 3.05) is 4.90 Å². The SMILES string of the molecule is CC(C)(C#N)N1C(=O)CCc2cc(CN)ccc21. The third kappa shape index (κ3) is 1.98. The molecule has 1 aromatic rings. The second-order valence-corrected chi connectivity index (χ2v) is 5.07. The van der Waals surface area contributed by atoms with E-state index in [9.17, 15) is 10.1 Å². The number of hydrogen-bond donors (Lipinski definition) is 1. The van der Waals surface area contributed by atoms with Crippen molar-refractivity contribution < 1.29 is 4.79 Å². The summed E-state index contributed by atoms with van der Waals surface area (Å²) in [6, 6.07) is 8.03. The number of benzene rings is 1. The van der Waals surface area contributed by atoms with Crippen LogP contribution in [0.2, 0.25) is 0 Å². The maximum Gasteiger partial charge on any atom is 0.228 e. The second kappa shape index (κ2) is 4.43. The molecule has 2 rings (SSSR count). The predicted molar refractivity (Wildman–Crippen MR) is 69.8 cm³/mol. The Morgan fingerprint density at radius 2 is 2.17 bits per heavy atom. The number of aryl methyl sites for hydroxylation is 1. The lowest BCUT2D eigenvalue weighted by Gasteiger charge is -2.37. The Labute approximate surface area is 107 Å². The van der Waals surface area contributed by atoms with Crippen LogP contribution < -0.4 is 10.6 Å². The van der Waals surface area contributed by atoms with E-state index in [1.54, 1.807) is 18.7 Å². The number of carbonyl (C=O) groups is 1. The molecule has 1 heterocycles. The van der Waals surface area contributed by atoms with E-state index in [-0.39, 0.29) is 5.91 Å². The molecule has 0 unspecified atom stereocenters. The van der Waals surface area contributed by atoms with Crippen molar-refractivity contribution in [1.29, 1.82) is 5.26 Å². The number of nitriles is 1. The van der Waals surface area contributed by atoms with Gasteiger partial charge in [-0.1, -0.05) is 12.1 Å². The Hall–Kier alpha value is -1.86. The number of fused-ring (bicyclic) bond motifs is 1. The summed E-state index contributed by atoms with van der Waals surface area (Å²) in [6.07, 6.45) is 1.17. The molecule has 0 saturated carbocycles. The first-order valence-corrected chi connectivity index (χ1v) is 6.06. The van der Waals surface area contributed by atoms with E-state index in [2.05, 4.69) is 6.07 Å². The molecule has 4 nitrogen and oxygen atoms in total. The molecule has 1 aromatic carbocycles. The fourth-order valence-electron chi connectivity index (χ4n) is 2.33. The van der Waals surface area contributed by atoms with Crippen molar-refractivity contribution in [3.05, 3.63) is 29.3 Å². The molecule has 0 aliphatic carbocycles. The first-order chi connectivity index (χ1) is 8.49. The molecule has 2 N–H and O–H groups in total. The quantitative estimate of drug-likeness (QED) is 0.859. The van der Waals surface area contributed by atoms with Gasteiger partial charge < -0.3 is 5.73 Å². The van der Waals surface area contributed by atoms with E-state index in [1.165, 1.54) is 0 Å². The summed E-state index contributed by atoms with van der Waals surface area (Å²) in [5.74, 6) is 0.00884. The van der Waals surface area contributed by atoms with Crippen molar-refractivity contribution >= 4 is 11.6 Å². The van der Waals surface area contributed by atoms with Crippen molar-refractivity contribution in [1.82, 2.24) is 0 Å². The highest BCUT2D eigenvalue weighted by molar-refractivity contribution is 5.98. The van der Waals surface area contributed by atoms with Crippen LogP contribution in [-0.4, -0.2) is 11.4 Å². The van der Waals surface area contributed by atoms with Crippen LogP contribution in [-0.2, 0) is 17.8 Å². The van der Waals surface area contributed by atoms with Gasteiger partial charge in [0.1, 0.15) is 5.54 Å². The van der Waals surface area contributed by atoms with Gasteiger partial charge in [-0.3, -0.25) is 9.69 Å². The van der Waals surface area contributed by atoms with Crippen LogP contribution in [0, 0.1) is 11.3 Å². The summed E-state index contributed by atoms with van der Waals surface area (Å²) in [5.41, 5.74) is 7.80. The van der Waals surface area contributed by atoms with Crippen LogP contribution >= 0.6 is 0 Å². The first-order valence-electron chi connectivity index (χ1n) is 6.06. The molecule has 0 radical (unpaired) electrons. The lowest BCUT2D eigenvalue weighted by molar-refractivity contribution is -0.119. The molecule has 0 atom stereocenters. The Bertz CT molecular complexity index is 528. The summed E-state index contributed by atoms with van der Waals surface area (Å²) in [7, 11) is 0. The number of rotatable bonds is 2. The fraction of sp³-hybridized carbons (Fsp3) is 0.429. The Morgan fingerprint density at radius 1 is 1.44 bits per heavy atom. The second-order valence-electron chi connectivity index (χ2n) is 5.07. The minimum Gasteiger partial charge on any atom is -0.326 e.